The molecule has 0 saturated heterocycles. The Morgan fingerprint density at radius 3 is 2.36 bits per heavy atom. The van der Waals surface area contributed by atoms with Gasteiger partial charge >= 0.3 is 5.97 Å². The minimum Gasteiger partial charge on any atom is -0.451 e. The fraction of sp³-hybridized carbons (Fsp3) is 0.292. The molecule has 0 atom stereocenters. The number of carbonyl (C=O) groups excluding carboxylic acids is 3. The Labute approximate surface area is 190 Å². The van der Waals surface area contributed by atoms with Crippen LogP contribution in [0.15, 0.2) is 53.3 Å². The Kier molecular flexibility index (Phi) is 7.91. The van der Waals surface area contributed by atoms with Gasteiger partial charge in [-0.25, -0.2) is 9.48 Å². The molecule has 0 fully saturated rings. The molecule has 0 spiro atoms. The molecule has 0 unspecified atom stereocenters. The zero-order valence-corrected chi connectivity index (χ0v) is 18.4. The van der Waals surface area contributed by atoms with Gasteiger partial charge < -0.3 is 15.8 Å². The topological polar surface area (TPSA) is 133 Å². The molecular formula is C24H26N4O5. The number of hydrogen-bond acceptors (Lipinski definition) is 6. The van der Waals surface area contributed by atoms with Crippen molar-refractivity contribution >= 4 is 34.2 Å². The molecule has 0 aliphatic rings. The monoisotopic (exact) mass is 450 g/mol. The normalized spacial score (nSPS) is 10.7. The number of fused-ring (bicyclic) bond motifs is 1. The molecule has 0 radical (unpaired) electrons. The van der Waals surface area contributed by atoms with Crippen molar-refractivity contribution in [2.75, 3.05) is 11.9 Å². The third kappa shape index (κ3) is 6.03. The van der Waals surface area contributed by atoms with Crippen LogP contribution in [0.5, 0.6) is 0 Å². The van der Waals surface area contributed by atoms with Crippen LogP contribution in [0.1, 0.15) is 53.5 Å². The van der Waals surface area contributed by atoms with Gasteiger partial charge in [0.15, 0.2) is 12.3 Å². The second kappa shape index (κ2) is 11.0. The Hall–Kier alpha value is -4.01. The standard InChI is InChI=1S/C24H26N4O5/c1-2-3-4-7-14-28-23(31)19-9-6-5-8-18(19)21(27-28)24(32)33-15-20(29)26-17-12-10-16(11-13-17)22(25)30/h5-6,8-13H,2-4,7,14-15H2,1H3,(H2,25,30)(H,26,29). The molecule has 0 aliphatic carbocycles. The molecule has 172 valence electrons. The predicted molar refractivity (Wildman–Crippen MR) is 124 cm³/mol. The van der Waals surface area contributed by atoms with Crippen LogP contribution < -0.4 is 16.6 Å². The maximum atomic E-state index is 12.8. The lowest BCUT2D eigenvalue weighted by Crippen LogP contribution is -2.28. The van der Waals surface area contributed by atoms with Gasteiger partial charge in [0, 0.05) is 23.2 Å². The molecule has 9 nitrogen and oxygen atoms in total. The second-order valence-electron chi connectivity index (χ2n) is 7.55. The molecule has 0 bridgehead atoms. The first kappa shape index (κ1) is 23.6. The summed E-state index contributed by atoms with van der Waals surface area (Å²) in [6.07, 6.45) is 3.84. The summed E-state index contributed by atoms with van der Waals surface area (Å²) < 4.78 is 6.45. The highest BCUT2D eigenvalue weighted by atomic mass is 16.5. The third-order valence-corrected chi connectivity index (χ3v) is 5.07. The van der Waals surface area contributed by atoms with Crippen molar-refractivity contribution in [3.63, 3.8) is 0 Å². The van der Waals surface area contributed by atoms with Gasteiger partial charge in [0.1, 0.15) is 0 Å². The Morgan fingerprint density at radius 1 is 1.00 bits per heavy atom. The van der Waals surface area contributed by atoms with Gasteiger partial charge in [-0.05, 0) is 36.8 Å². The summed E-state index contributed by atoms with van der Waals surface area (Å²) in [6, 6.07) is 12.7. The van der Waals surface area contributed by atoms with Crippen molar-refractivity contribution in [1.82, 2.24) is 9.78 Å². The minimum atomic E-state index is -0.798. The molecule has 0 aliphatic heterocycles. The number of benzene rings is 2. The van der Waals surface area contributed by atoms with Crippen molar-refractivity contribution in [3.8, 4) is 0 Å². The summed E-state index contributed by atoms with van der Waals surface area (Å²) in [5.74, 6) is -1.94. The zero-order valence-electron chi connectivity index (χ0n) is 18.4. The summed E-state index contributed by atoms with van der Waals surface area (Å²) in [6.45, 7) is 1.95. The van der Waals surface area contributed by atoms with Gasteiger partial charge in [0.25, 0.3) is 11.5 Å². The summed E-state index contributed by atoms with van der Waals surface area (Å²) in [5.41, 5.74) is 5.64. The van der Waals surface area contributed by atoms with Crippen molar-refractivity contribution in [3.05, 3.63) is 70.1 Å². The summed E-state index contributed by atoms with van der Waals surface area (Å²) in [7, 11) is 0. The Morgan fingerprint density at radius 2 is 1.70 bits per heavy atom. The molecule has 1 aromatic heterocycles. The van der Waals surface area contributed by atoms with Crippen LogP contribution in [-0.2, 0) is 16.1 Å². The number of carbonyl (C=O) groups is 3. The van der Waals surface area contributed by atoms with E-state index in [1.165, 1.54) is 28.9 Å². The summed E-state index contributed by atoms with van der Waals surface area (Å²) >= 11 is 0. The van der Waals surface area contributed by atoms with Gasteiger partial charge in [-0.1, -0.05) is 44.4 Å². The van der Waals surface area contributed by atoms with E-state index in [1.807, 2.05) is 0 Å². The molecule has 9 heteroatoms. The number of nitrogens with two attached hydrogens (primary N) is 1. The molecule has 3 N–H and O–H groups in total. The molecule has 33 heavy (non-hydrogen) atoms. The van der Waals surface area contributed by atoms with Crippen molar-refractivity contribution in [2.24, 2.45) is 5.73 Å². The number of aryl methyl sites for hydroxylation is 1. The molecule has 3 rings (SSSR count). The number of primary amides is 1. The third-order valence-electron chi connectivity index (χ3n) is 5.07. The zero-order chi connectivity index (χ0) is 23.8. The first-order valence-corrected chi connectivity index (χ1v) is 10.8. The van der Waals surface area contributed by atoms with Gasteiger partial charge in [-0.15, -0.1) is 0 Å². The highest BCUT2D eigenvalue weighted by molar-refractivity contribution is 6.03. The number of ether oxygens (including phenoxy) is 1. The van der Waals surface area contributed by atoms with E-state index in [1.54, 1.807) is 24.3 Å². The van der Waals surface area contributed by atoms with Crippen molar-refractivity contribution in [2.45, 2.75) is 39.2 Å². The fourth-order valence-corrected chi connectivity index (χ4v) is 3.34. The van der Waals surface area contributed by atoms with Crippen LogP contribution in [0.4, 0.5) is 5.69 Å². The van der Waals surface area contributed by atoms with Crippen LogP contribution in [-0.4, -0.2) is 34.2 Å². The number of anilines is 1. The van der Waals surface area contributed by atoms with Gasteiger partial charge in [0.2, 0.25) is 5.91 Å². The molecule has 1 heterocycles. The van der Waals surface area contributed by atoms with Gasteiger partial charge in [-0.3, -0.25) is 14.4 Å². The number of unbranched alkanes of at least 4 members (excludes halogenated alkanes) is 3. The Bertz CT molecular complexity index is 1220. The van der Waals surface area contributed by atoms with Crippen LogP contribution in [0.2, 0.25) is 0 Å². The largest absolute Gasteiger partial charge is 0.451 e. The van der Waals surface area contributed by atoms with Crippen molar-refractivity contribution in [1.29, 1.82) is 0 Å². The van der Waals surface area contributed by atoms with Gasteiger partial charge in [0.05, 0.1) is 5.39 Å². The molecule has 2 aromatic carbocycles. The maximum absolute atomic E-state index is 12.8. The van der Waals surface area contributed by atoms with Gasteiger partial charge in [-0.2, -0.15) is 5.10 Å². The number of aromatic nitrogens is 2. The number of nitrogens with one attached hydrogen (secondary N) is 1. The SMILES string of the molecule is CCCCCCn1nc(C(=O)OCC(=O)Nc2ccc(C(N)=O)cc2)c2ccccc2c1=O. The van der Waals surface area contributed by atoms with E-state index in [0.29, 0.717) is 28.6 Å². The number of amides is 2. The van der Waals surface area contributed by atoms with E-state index < -0.39 is 24.4 Å². The fourth-order valence-electron chi connectivity index (χ4n) is 3.34. The quantitative estimate of drug-likeness (QED) is 0.360. The minimum absolute atomic E-state index is 0.0145. The van der Waals surface area contributed by atoms with Crippen LogP contribution >= 0.6 is 0 Å². The maximum Gasteiger partial charge on any atom is 0.359 e. The van der Waals surface area contributed by atoms with E-state index >= 15 is 0 Å². The van der Waals surface area contributed by atoms with E-state index in [9.17, 15) is 19.2 Å². The Balaban J connectivity index is 1.71. The smallest absolute Gasteiger partial charge is 0.359 e. The molecule has 0 saturated carbocycles. The first-order chi connectivity index (χ1) is 15.9. The number of nitrogens with zero attached hydrogens (tertiary/aromatic N) is 2. The van der Waals surface area contributed by atoms with Crippen molar-refractivity contribution < 1.29 is 19.1 Å². The van der Waals surface area contributed by atoms with Crippen LogP contribution in [0.25, 0.3) is 10.8 Å². The van der Waals surface area contributed by atoms with E-state index in [4.69, 9.17) is 10.5 Å². The predicted octanol–water partition coefficient (Wildman–Crippen LogP) is 2.87. The van der Waals surface area contributed by atoms with E-state index in [2.05, 4.69) is 17.3 Å². The average molecular weight is 450 g/mol. The number of rotatable bonds is 10. The van der Waals surface area contributed by atoms with E-state index in [-0.39, 0.29) is 11.3 Å². The van der Waals surface area contributed by atoms with Crippen LogP contribution in [0.3, 0.4) is 0 Å². The lowest BCUT2D eigenvalue weighted by atomic mass is 10.1. The second-order valence-corrected chi connectivity index (χ2v) is 7.55. The van der Waals surface area contributed by atoms with E-state index in [0.717, 1.165) is 25.7 Å². The highest BCUT2D eigenvalue weighted by Gasteiger charge is 2.19. The molecule has 2 amide bonds. The lowest BCUT2D eigenvalue weighted by molar-refractivity contribution is -0.119. The molecule has 3 aromatic rings. The number of hydrogen-bond donors (Lipinski definition) is 2. The molecular weight excluding hydrogens is 424 g/mol. The van der Waals surface area contributed by atoms with Crippen LogP contribution in [0, 0.1) is 0 Å². The average Bonchev–Trinajstić information content (AvgIpc) is 2.82. The summed E-state index contributed by atoms with van der Waals surface area (Å²) in [5, 5.41) is 7.55. The summed E-state index contributed by atoms with van der Waals surface area (Å²) in [4.78, 5) is 48.8. The number of esters is 1. The highest BCUT2D eigenvalue weighted by Crippen LogP contribution is 2.15. The first-order valence-electron chi connectivity index (χ1n) is 10.8. The lowest BCUT2D eigenvalue weighted by Gasteiger charge is -2.11.